The molecule has 0 radical (unpaired) electrons. The second-order valence-corrected chi connectivity index (χ2v) is 8.36. The topological polar surface area (TPSA) is 63.7 Å². The lowest BCUT2D eigenvalue weighted by molar-refractivity contribution is -0.122. The Morgan fingerprint density at radius 2 is 1.15 bits per heavy atom. The van der Waals surface area contributed by atoms with E-state index in [0.717, 1.165) is 11.1 Å². The number of carbonyl (C=O) groups is 3. The van der Waals surface area contributed by atoms with Gasteiger partial charge in [0, 0.05) is 11.8 Å². The second kappa shape index (κ2) is 8.51. The summed E-state index contributed by atoms with van der Waals surface area (Å²) < 4.78 is 4.75. The number of hydrogen-bond donors (Lipinski definition) is 0. The lowest BCUT2D eigenvalue weighted by atomic mass is 9.68. The van der Waals surface area contributed by atoms with Gasteiger partial charge in [-0.2, -0.15) is 0 Å². The van der Waals surface area contributed by atoms with Crippen molar-refractivity contribution in [3.8, 4) is 0 Å². The Kier molecular flexibility index (Phi) is 5.38. The van der Waals surface area contributed by atoms with Crippen LogP contribution in [0.3, 0.4) is 0 Å². The minimum absolute atomic E-state index is 0.188. The molecule has 0 aromatic heterocycles. The van der Waals surface area contributed by atoms with Gasteiger partial charge in [-0.1, -0.05) is 72.8 Å². The maximum Gasteiger partial charge on any atom is 0.337 e. The predicted octanol–water partition coefficient (Wildman–Crippen LogP) is 4.72. The third-order valence-corrected chi connectivity index (χ3v) is 6.61. The summed E-state index contributed by atoms with van der Waals surface area (Å²) in [5.74, 6) is -2.28. The van der Waals surface area contributed by atoms with Crippen molar-refractivity contribution in [1.29, 1.82) is 0 Å². The van der Waals surface area contributed by atoms with Gasteiger partial charge >= 0.3 is 5.97 Å². The van der Waals surface area contributed by atoms with Gasteiger partial charge in [0.25, 0.3) is 0 Å². The van der Waals surface area contributed by atoms with E-state index < -0.39 is 17.8 Å². The maximum absolute atomic E-state index is 13.8. The van der Waals surface area contributed by atoms with Crippen molar-refractivity contribution in [3.63, 3.8) is 0 Å². The van der Waals surface area contributed by atoms with Crippen LogP contribution >= 0.6 is 0 Å². The summed E-state index contributed by atoms with van der Waals surface area (Å²) in [5, 5.41) is 0. The molecule has 5 heteroatoms. The molecule has 0 spiro atoms. The molecular formula is C28H23NO4. The van der Waals surface area contributed by atoms with Gasteiger partial charge in [-0.25, -0.2) is 9.69 Å². The number of benzene rings is 3. The van der Waals surface area contributed by atoms with Crippen LogP contribution < -0.4 is 4.90 Å². The minimum atomic E-state index is -0.504. The van der Waals surface area contributed by atoms with Gasteiger partial charge in [-0.05, 0) is 35.4 Å². The zero-order chi connectivity index (χ0) is 22.9. The SMILES string of the molecule is COC(=O)c1ccc(N2C(=O)[C@@H]3[C@@H](C2=O)[C@H](c2ccccc2)C=C[C@@H]3c2ccccc2)cc1. The van der Waals surface area contributed by atoms with Gasteiger partial charge in [0.2, 0.25) is 11.8 Å². The number of hydrogen-bond acceptors (Lipinski definition) is 4. The fraction of sp³-hybridized carbons (Fsp3) is 0.179. The molecule has 0 bridgehead atoms. The smallest absolute Gasteiger partial charge is 0.337 e. The van der Waals surface area contributed by atoms with Crippen LogP contribution in [0.2, 0.25) is 0 Å². The molecule has 164 valence electrons. The lowest BCUT2D eigenvalue weighted by Crippen LogP contribution is -2.31. The summed E-state index contributed by atoms with van der Waals surface area (Å²) in [5.41, 5.74) is 2.85. The van der Waals surface area contributed by atoms with E-state index in [2.05, 4.69) is 12.2 Å². The van der Waals surface area contributed by atoms with Crippen molar-refractivity contribution in [2.24, 2.45) is 11.8 Å². The highest BCUT2D eigenvalue weighted by atomic mass is 16.5. The van der Waals surface area contributed by atoms with Crippen LogP contribution in [-0.2, 0) is 14.3 Å². The molecule has 3 aromatic rings. The first-order chi connectivity index (χ1) is 16.1. The molecule has 4 atom stereocenters. The van der Waals surface area contributed by atoms with Crippen LogP contribution in [0.25, 0.3) is 0 Å². The number of allylic oxidation sites excluding steroid dienone is 2. The Hall–Kier alpha value is -3.99. The van der Waals surface area contributed by atoms with Crippen LogP contribution in [-0.4, -0.2) is 24.9 Å². The summed E-state index contributed by atoms with van der Waals surface area (Å²) >= 11 is 0. The first kappa shape index (κ1) is 20.9. The van der Waals surface area contributed by atoms with E-state index >= 15 is 0 Å². The molecule has 2 aliphatic rings. The molecule has 0 saturated carbocycles. The number of ether oxygens (including phenoxy) is 1. The average molecular weight is 437 g/mol. The van der Waals surface area contributed by atoms with E-state index in [1.807, 2.05) is 60.7 Å². The van der Waals surface area contributed by atoms with Gasteiger partial charge in [0.05, 0.1) is 30.2 Å². The fourth-order valence-corrected chi connectivity index (χ4v) is 5.05. The molecule has 3 aromatic carbocycles. The monoisotopic (exact) mass is 437 g/mol. The van der Waals surface area contributed by atoms with Crippen LogP contribution in [0.5, 0.6) is 0 Å². The highest BCUT2D eigenvalue weighted by molar-refractivity contribution is 6.23. The van der Waals surface area contributed by atoms with Gasteiger partial charge < -0.3 is 4.74 Å². The number of carbonyl (C=O) groups excluding carboxylic acids is 3. The zero-order valence-electron chi connectivity index (χ0n) is 18.1. The van der Waals surface area contributed by atoms with E-state index in [1.165, 1.54) is 12.0 Å². The quantitative estimate of drug-likeness (QED) is 0.337. The highest BCUT2D eigenvalue weighted by Gasteiger charge is 2.55. The summed E-state index contributed by atoms with van der Waals surface area (Å²) in [7, 11) is 1.31. The Labute approximate surface area is 192 Å². The molecule has 2 amide bonds. The largest absolute Gasteiger partial charge is 0.465 e. The first-order valence-electron chi connectivity index (χ1n) is 10.9. The summed E-state index contributed by atoms with van der Waals surface area (Å²) in [6, 6.07) is 26.1. The van der Waals surface area contributed by atoms with E-state index in [-0.39, 0.29) is 23.7 Å². The Balaban J connectivity index is 1.58. The van der Waals surface area contributed by atoms with Crippen LogP contribution in [0, 0.1) is 11.8 Å². The molecular weight excluding hydrogens is 414 g/mol. The lowest BCUT2D eigenvalue weighted by Gasteiger charge is -2.32. The van der Waals surface area contributed by atoms with Gasteiger partial charge in [0.15, 0.2) is 0 Å². The van der Waals surface area contributed by atoms with Crippen molar-refractivity contribution in [1.82, 2.24) is 0 Å². The third-order valence-electron chi connectivity index (χ3n) is 6.61. The van der Waals surface area contributed by atoms with E-state index in [0.29, 0.717) is 11.3 Å². The van der Waals surface area contributed by atoms with Gasteiger partial charge in [-0.3, -0.25) is 9.59 Å². The number of amides is 2. The van der Waals surface area contributed by atoms with E-state index in [9.17, 15) is 14.4 Å². The summed E-state index contributed by atoms with van der Waals surface area (Å²) in [6.45, 7) is 0. The van der Waals surface area contributed by atoms with Crippen LogP contribution in [0.15, 0.2) is 97.1 Å². The fourth-order valence-electron chi connectivity index (χ4n) is 5.05. The molecule has 0 N–H and O–H groups in total. The number of esters is 1. The number of rotatable bonds is 4. The van der Waals surface area contributed by atoms with Crippen LogP contribution in [0.4, 0.5) is 5.69 Å². The average Bonchev–Trinajstić information content (AvgIpc) is 3.14. The molecule has 1 heterocycles. The number of anilines is 1. The number of imide groups is 1. The summed E-state index contributed by atoms with van der Waals surface area (Å²) in [6.07, 6.45) is 4.15. The normalized spacial score (nSPS) is 24.0. The van der Waals surface area contributed by atoms with Crippen molar-refractivity contribution < 1.29 is 19.1 Å². The standard InChI is InChI=1S/C28H23NO4/c1-33-28(32)20-12-14-21(15-13-20)29-26(30)24-22(18-8-4-2-5-9-18)16-17-23(25(24)27(29)31)19-10-6-3-7-11-19/h2-17,22-25H,1H3/t22-,23+,24-,25-/m0/s1. The Bertz CT molecular complexity index is 1150. The van der Waals surface area contributed by atoms with Gasteiger partial charge in [-0.15, -0.1) is 0 Å². The van der Waals surface area contributed by atoms with Crippen molar-refractivity contribution in [2.45, 2.75) is 11.8 Å². The molecule has 1 saturated heterocycles. The number of nitrogens with zero attached hydrogens (tertiary/aromatic N) is 1. The van der Waals surface area contributed by atoms with E-state index in [1.54, 1.807) is 24.3 Å². The molecule has 0 unspecified atom stereocenters. The Morgan fingerprint density at radius 1 is 0.697 bits per heavy atom. The maximum atomic E-state index is 13.8. The molecule has 5 rings (SSSR count). The Morgan fingerprint density at radius 3 is 1.58 bits per heavy atom. The van der Waals surface area contributed by atoms with Crippen molar-refractivity contribution in [2.75, 3.05) is 12.0 Å². The minimum Gasteiger partial charge on any atom is -0.465 e. The molecule has 1 aliphatic heterocycles. The van der Waals surface area contributed by atoms with Crippen LogP contribution in [0.1, 0.15) is 33.3 Å². The molecule has 1 aliphatic carbocycles. The predicted molar refractivity (Wildman–Crippen MR) is 125 cm³/mol. The second-order valence-electron chi connectivity index (χ2n) is 8.36. The number of fused-ring (bicyclic) bond motifs is 1. The van der Waals surface area contributed by atoms with E-state index in [4.69, 9.17) is 4.74 Å². The molecule has 5 nitrogen and oxygen atoms in total. The first-order valence-corrected chi connectivity index (χ1v) is 10.9. The highest BCUT2D eigenvalue weighted by Crippen LogP contribution is 2.50. The van der Waals surface area contributed by atoms with Gasteiger partial charge in [0.1, 0.15) is 0 Å². The molecule has 1 fully saturated rings. The van der Waals surface area contributed by atoms with Crippen molar-refractivity contribution >= 4 is 23.5 Å². The third kappa shape index (κ3) is 3.55. The summed E-state index contributed by atoms with van der Waals surface area (Å²) in [4.78, 5) is 40.6. The molecule has 33 heavy (non-hydrogen) atoms. The van der Waals surface area contributed by atoms with Crippen molar-refractivity contribution in [3.05, 3.63) is 114 Å². The number of methoxy groups -OCH3 is 1. The zero-order valence-corrected chi connectivity index (χ0v) is 18.1.